The highest BCUT2D eigenvalue weighted by Crippen LogP contribution is 2.13. The number of amides is 1. The van der Waals surface area contributed by atoms with E-state index in [0.29, 0.717) is 12.8 Å². The summed E-state index contributed by atoms with van der Waals surface area (Å²) in [6.45, 7) is 4.34. The number of carbonyl (C=O) groups is 1. The molecule has 236 valence electrons. The highest BCUT2D eigenvalue weighted by molar-refractivity contribution is 7.85. The standard InChI is InChI=1S/C34H59NO5S/c1-3-5-7-9-11-13-14-15-16-17-18-19-20-22-24-26-28-30-34(37)35-32(31-41(38,39)40)33(36)29-27-25-23-21-12-10-8-6-4-2/h5,7,11,13,15-16,18-19,22,24,32-33,36H,3-4,6,8-10,12,14,17,20-21,23,25-31H2,1-2H3,(H,35,37)(H,38,39,40)/b7-5-,13-11-,16-15-,19-18-,24-22-. The van der Waals surface area contributed by atoms with Crippen molar-refractivity contribution >= 4 is 16.0 Å². The number of hydrogen-bond donors (Lipinski definition) is 3. The molecular weight excluding hydrogens is 534 g/mol. The predicted molar refractivity (Wildman–Crippen MR) is 175 cm³/mol. The third-order valence-corrected chi connectivity index (χ3v) is 7.52. The molecule has 0 aliphatic heterocycles. The number of unbranched alkanes of at least 4 members (excludes halogenated alkanes) is 9. The van der Waals surface area contributed by atoms with E-state index in [1.807, 2.05) is 6.08 Å². The van der Waals surface area contributed by atoms with E-state index in [-0.39, 0.29) is 12.3 Å². The minimum absolute atomic E-state index is 0.237. The minimum atomic E-state index is -4.32. The molecule has 0 aliphatic carbocycles. The van der Waals surface area contributed by atoms with Crippen LogP contribution in [0.15, 0.2) is 60.8 Å². The Morgan fingerprint density at radius 2 is 1.15 bits per heavy atom. The van der Waals surface area contributed by atoms with E-state index in [2.05, 4.69) is 73.8 Å². The second kappa shape index (κ2) is 28.2. The lowest BCUT2D eigenvalue weighted by Gasteiger charge is -2.23. The number of nitrogens with one attached hydrogen (secondary N) is 1. The molecule has 2 unspecified atom stereocenters. The second-order valence-corrected chi connectivity index (χ2v) is 12.2. The van der Waals surface area contributed by atoms with Gasteiger partial charge < -0.3 is 10.4 Å². The minimum Gasteiger partial charge on any atom is -0.391 e. The van der Waals surface area contributed by atoms with Crippen LogP contribution < -0.4 is 5.32 Å². The van der Waals surface area contributed by atoms with Gasteiger partial charge >= 0.3 is 0 Å². The van der Waals surface area contributed by atoms with Gasteiger partial charge in [-0.2, -0.15) is 8.42 Å². The lowest BCUT2D eigenvalue weighted by molar-refractivity contribution is -0.122. The Morgan fingerprint density at radius 3 is 1.63 bits per heavy atom. The van der Waals surface area contributed by atoms with Crippen molar-refractivity contribution < 1.29 is 22.9 Å². The van der Waals surface area contributed by atoms with Gasteiger partial charge in [0.15, 0.2) is 0 Å². The van der Waals surface area contributed by atoms with Gasteiger partial charge in [0.05, 0.1) is 17.9 Å². The van der Waals surface area contributed by atoms with Gasteiger partial charge in [0.1, 0.15) is 0 Å². The lowest BCUT2D eigenvalue weighted by atomic mass is 10.0. The van der Waals surface area contributed by atoms with Crippen molar-refractivity contribution in [2.45, 2.75) is 142 Å². The monoisotopic (exact) mass is 593 g/mol. The van der Waals surface area contributed by atoms with E-state index in [4.69, 9.17) is 0 Å². The molecule has 2 atom stereocenters. The van der Waals surface area contributed by atoms with Gasteiger partial charge in [0.25, 0.3) is 10.1 Å². The number of carbonyl (C=O) groups excluding carboxylic acids is 1. The fraction of sp³-hybridized carbons (Fsp3) is 0.676. The van der Waals surface area contributed by atoms with Crippen molar-refractivity contribution in [1.29, 1.82) is 0 Å². The van der Waals surface area contributed by atoms with Crippen molar-refractivity contribution in [3.8, 4) is 0 Å². The van der Waals surface area contributed by atoms with Crippen LogP contribution in [0.3, 0.4) is 0 Å². The first-order valence-electron chi connectivity index (χ1n) is 16.0. The molecule has 0 radical (unpaired) electrons. The fourth-order valence-corrected chi connectivity index (χ4v) is 5.13. The Labute approximate surface area is 251 Å². The molecule has 7 heteroatoms. The zero-order chi connectivity index (χ0) is 30.4. The van der Waals surface area contributed by atoms with Crippen LogP contribution in [0.25, 0.3) is 0 Å². The molecule has 0 bridgehead atoms. The Hall–Kier alpha value is -1.96. The van der Waals surface area contributed by atoms with Crippen molar-refractivity contribution in [3.05, 3.63) is 60.8 Å². The summed E-state index contributed by atoms with van der Waals surface area (Å²) in [6, 6.07) is -1.000. The van der Waals surface area contributed by atoms with E-state index < -0.39 is 28.0 Å². The maximum absolute atomic E-state index is 12.4. The smallest absolute Gasteiger partial charge is 0.266 e. The molecule has 0 rings (SSSR count). The summed E-state index contributed by atoms with van der Waals surface area (Å²) in [5.74, 6) is -0.983. The quantitative estimate of drug-likeness (QED) is 0.0503. The van der Waals surface area contributed by atoms with Gasteiger partial charge in [-0.3, -0.25) is 9.35 Å². The van der Waals surface area contributed by atoms with E-state index in [0.717, 1.165) is 57.8 Å². The van der Waals surface area contributed by atoms with Crippen LogP contribution in [-0.2, 0) is 14.9 Å². The zero-order valence-corrected chi connectivity index (χ0v) is 26.7. The summed E-state index contributed by atoms with van der Waals surface area (Å²) in [4.78, 5) is 12.4. The third-order valence-electron chi connectivity index (χ3n) is 6.74. The van der Waals surface area contributed by atoms with Crippen molar-refractivity contribution in [2.75, 3.05) is 5.75 Å². The molecule has 0 spiro atoms. The van der Waals surface area contributed by atoms with Crippen LogP contribution in [0, 0.1) is 0 Å². The highest BCUT2D eigenvalue weighted by Gasteiger charge is 2.25. The topological polar surface area (TPSA) is 104 Å². The summed E-state index contributed by atoms with van der Waals surface area (Å²) >= 11 is 0. The molecule has 41 heavy (non-hydrogen) atoms. The summed E-state index contributed by atoms with van der Waals surface area (Å²) in [5.41, 5.74) is 0. The Bertz CT molecular complexity index is 874. The number of allylic oxidation sites excluding steroid dienone is 10. The number of rotatable bonds is 27. The van der Waals surface area contributed by atoms with Crippen molar-refractivity contribution in [3.63, 3.8) is 0 Å². The molecule has 0 fully saturated rings. The van der Waals surface area contributed by atoms with Crippen LogP contribution >= 0.6 is 0 Å². The van der Waals surface area contributed by atoms with Gasteiger partial charge in [0.2, 0.25) is 5.91 Å². The average molecular weight is 594 g/mol. The van der Waals surface area contributed by atoms with Gasteiger partial charge in [-0.15, -0.1) is 0 Å². The van der Waals surface area contributed by atoms with E-state index in [9.17, 15) is 22.9 Å². The molecular formula is C34H59NO5S. The van der Waals surface area contributed by atoms with Gasteiger partial charge in [0, 0.05) is 6.42 Å². The first-order chi connectivity index (χ1) is 19.8. The fourth-order valence-electron chi connectivity index (χ4n) is 4.37. The summed E-state index contributed by atoms with van der Waals surface area (Å²) in [7, 11) is -4.32. The number of hydrogen-bond acceptors (Lipinski definition) is 4. The number of aliphatic hydroxyl groups is 1. The van der Waals surface area contributed by atoms with E-state index in [1.54, 1.807) is 0 Å². The second-order valence-electron chi connectivity index (χ2n) is 10.7. The van der Waals surface area contributed by atoms with Crippen LogP contribution in [0.4, 0.5) is 0 Å². The molecule has 6 nitrogen and oxygen atoms in total. The third kappa shape index (κ3) is 29.3. The Morgan fingerprint density at radius 1 is 0.683 bits per heavy atom. The molecule has 0 aromatic carbocycles. The Balaban J connectivity index is 4.13. The van der Waals surface area contributed by atoms with Crippen molar-refractivity contribution in [2.24, 2.45) is 0 Å². The van der Waals surface area contributed by atoms with Crippen LogP contribution in [0.1, 0.15) is 129 Å². The van der Waals surface area contributed by atoms with Gasteiger partial charge in [-0.1, -0.05) is 132 Å². The highest BCUT2D eigenvalue weighted by atomic mass is 32.2. The molecule has 3 N–H and O–H groups in total. The zero-order valence-electron chi connectivity index (χ0n) is 25.9. The van der Waals surface area contributed by atoms with E-state index >= 15 is 0 Å². The lowest BCUT2D eigenvalue weighted by Crippen LogP contribution is -2.47. The molecule has 0 saturated heterocycles. The predicted octanol–water partition coefficient (Wildman–Crippen LogP) is 8.56. The van der Waals surface area contributed by atoms with Crippen LogP contribution in [-0.4, -0.2) is 41.9 Å². The molecule has 0 saturated carbocycles. The largest absolute Gasteiger partial charge is 0.391 e. The van der Waals surface area contributed by atoms with Crippen molar-refractivity contribution in [1.82, 2.24) is 5.32 Å². The summed E-state index contributed by atoms with van der Waals surface area (Å²) in [5, 5.41) is 13.2. The first-order valence-corrected chi connectivity index (χ1v) is 17.6. The normalized spacial score (nSPS) is 14.3. The summed E-state index contributed by atoms with van der Waals surface area (Å²) < 4.78 is 32.2. The molecule has 0 aliphatic rings. The Kier molecular flexibility index (Phi) is 26.8. The van der Waals surface area contributed by atoms with Gasteiger partial charge in [-0.05, 0) is 51.4 Å². The van der Waals surface area contributed by atoms with E-state index in [1.165, 1.54) is 38.5 Å². The van der Waals surface area contributed by atoms with Crippen LogP contribution in [0.5, 0.6) is 0 Å². The molecule has 1 amide bonds. The molecule has 0 aromatic heterocycles. The number of aliphatic hydroxyl groups excluding tert-OH is 1. The first kappa shape index (κ1) is 39.0. The van der Waals surface area contributed by atoms with Crippen LogP contribution in [0.2, 0.25) is 0 Å². The average Bonchev–Trinajstić information content (AvgIpc) is 2.92. The van der Waals surface area contributed by atoms with Gasteiger partial charge in [-0.25, -0.2) is 0 Å². The maximum atomic E-state index is 12.4. The SMILES string of the molecule is CC/C=C\C/C=C\C/C=C\C/C=C\C/C=C\CCCC(=O)NC(CS(=O)(=O)O)C(O)CCCCCCCCCCC. The maximum Gasteiger partial charge on any atom is 0.266 e. The molecule has 0 aromatic rings. The molecule has 0 heterocycles. The summed E-state index contributed by atoms with van der Waals surface area (Å²) in [6.07, 6.45) is 37.5.